The summed E-state index contributed by atoms with van der Waals surface area (Å²) < 4.78 is 19.2. The molecule has 4 heteroatoms. The minimum Gasteiger partial charge on any atom is -0.371 e. The third-order valence-electron chi connectivity index (χ3n) is 3.61. The van der Waals surface area contributed by atoms with Gasteiger partial charge in [0.2, 0.25) is 0 Å². The van der Waals surface area contributed by atoms with Crippen LogP contribution < -0.4 is 0 Å². The molecule has 3 unspecified atom stereocenters. The molecule has 0 spiro atoms. The van der Waals surface area contributed by atoms with Crippen LogP contribution in [0.2, 0.25) is 6.04 Å². The lowest BCUT2D eigenvalue weighted by Crippen LogP contribution is -2.53. The highest BCUT2D eigenvalue weighted by atomic mass is 28.4. The molecule has 0 aliphatic carbocycles. The zero-order valence-electron chi connectivity index (χ0n) is 15.8. The van der Waals surface area contributed by atoms with Crippen molar-refractivity contribution in [2.75, 3.05) is 0 Å². The van der Waals surface area contributed by atoms with Crippen molar-refractivity contribution in [3.05, 3.63) is 0 Å². The summed E-state index contributed by atoms with van der Waals surface area (Å²) in [7, 11) is -2.68. The lowest BCUT2D eigenvalue weighted by atomic mass is 10.0. The van der Waals surface area contributed by atoms with Crippen LogP contribution in [0, 0.1) is 5.41 Å². The predicted molar refractivity (Wildman–Crippen MR) is 92.5 cm³/mol. The van der Waals surface area contributed by atoms with Gasteiger partial charge in [0.05, 0.1) is 0 Å². The molecule has 0 bridgehead atoms. The number of hydrogen-bond acceptors (Lipinski definition) is 3. The molecular formula is C17H38O3Si. The SMILES string of the molecule is CCC(C)O[Si](CC(C)(C)C)(OC(C)CC)OC(C)CC. The zero-order chi connectivity index (χ0) is 16.7. The summed E-state index contributed by atoms with van der Waals surface area (Å²) in [6, 6.07) is 0.860. The van der Waals surface area contributed by atoms with Gasteiger partial charge < -0.3 is 13.3 Å². The van der Waals surface area contributed by atoms with Crippen LogP contribution in [0.4, 0.5) is 0 Å². The molecule has 21 heavy (non-hydrogen) atoms. The van der Waals surface area contributed by atoms with Gasteiger partial charge in [0.1, 0.15) is 0 Å². The van der Waals surface area contributed by atoms with Crippen molar-refractivity contribution in [2.45, 2.75) is 106 Å². The van der Waals surface area contributed by atoms with E-state index in [9.17, 15) is 0 Å². The summed E-state index contributed by atoms with van der Waals surface area (Å²) in [5, 5.41) is 0. The second-order valence-corrected chi connectivity index (χ2v) is 9.86. The quantitative estimate of drug-likeness (QED) is 0.504. The van der Waals surface area contributed by atoms with Gasteiger partial charge in [-0.05, 0) is 45.4 Å². The van der Waals surface area contributed by atoms with Gasteiger partial charge in [-0.1, -0.05) is 41.5 Å². The van der Waals surface area contributed by atoms with E-state index < -0.39 is 8.80 Å². The number of hydrogen-bond donors (Lipinski definition) is 0. The monoisotopic (exact) mass is 318 g/mol. The molecular weight excluding hydrogens is 280 g/mol. The van der Waals surface area contributed by atoms with Crippen LogP contribution in [0.1, 0.15) is 81.6 Å². The van der Waals surface area contributed by atoms with E-state index >= 15 is 0 Å². The van der Waals surface area contributed by atoms with Gasteiger partial charge >= 0.3 is 8.80 Å². The summed E-state index contributed by atoms with van der Waals surface area (Å²) in [6.07, 6.45) is 3.46. The Morgan fingerprint density at radius 3 is 1.19 bits per heavy atom. The Hall–Kier alpha value is 0.0969. The first-order valence-electron chi connectivity index (χ1n) is 8.60. The van der Waals surface area contributed by atoms with E-state index in [1.807, 2.05) is 0 Å². The molecule has 0 amide bonds. The third-order valence-corrected chi connectivity index (χ3v) is 7.39. The lowest BCUT2D eigenvalue weighted by Gasteiger charge is -2.39. The Labute approximate surface area is 134 Å². The molecule has 0 rings (SSSR count). The van der Waals surface area contributed by atoms with Gasteiger partial charge in [0.25, 0.3) is 0 Å². The summed E-state index contributed by atoms with van der Waals surface area (Å²) in [5.74, 6) is 0. The van der Waals surface area contributed by atoms with E-state index in [0.717, 1.165) is 25.3 Å². The Balaban J connectivity index is 5.34. The Morgan fingerprint density at radius 2 is 1.00 bits per heavy atom. The largest absolute Gasteiger partial charge is 0.502 e. The minimum atomic E-state index is -2.68. The van der Waals surface area contributed by atoms with Gasteiger partial charge in [0, 0.05) is 24.4 Å². The Morgan fingerprint density at radius 1 is 0.714 bits per heavy atom. The summed E-state index contributed by atoms with van der Waals surface area (Å²) >= 11 is 0. The predicted octanol–water partition coefficient (Wildman–Crippen LogP) is 5.42. The first-order chi connectivity index (χ1) is 9.57. The molecule has 0 N–H and O–H groups in total. The normalized spacial score (nSPS) is 19.9. The fraction of sp³-hybridized carbons (Fsp3) is 1.00. The average Bonchev–Trinajstić information content (AvgIpc) is 2.35. The smallest absolute Gasteiger partial charge is 0.371 e. The Bertz CT molecular complexity index is 244. The molecule has 0 heterocycles. The number of rotatable bonds is 10. The maximum absolute atomic E-state index is 6.40. The van der Waals surface area contributed by atoms with E-state index in [4.69, 9.17) is 13.3 Å². The average molecular weight is 319 g/mol. The molecule has 0 aliphatic rings. The lowest BCUT2D eigenvalue weighted by molar-refractivity contribution is -0.0159. The van der Waals surface area contributed by atoms with Crippen molar-refractivity contribution in [2.24, 2.45) is 5.41 Å². The molecule has 0 aromatic carbocycles. The molecule has 0 aliphatic heterocycles. The molecule has 0 saturated carbocycles. The van der Waals surface area contributed by atoms with Crippen molar-refractivity contribution < 1.29 is 13.3 Å². The first kappa shape index (κ1) is 21.1. The molecule has 0 aromatic heterocycles. The highest BCUT2D eigenvalue weighted by Gasteiger charge is 2.48. The van der Waals surface area contributed by atoms with Gasteiger partial charge in [-0.15, -0.1) is 0 Å². The van der Waals surface area contributed by atoms with Crippen LogP contribution in [-0.4, -0.2) is 27.1 Å². The van der Waals surface area contributed by atoms with Crippen LogP contribution in [0.25, 0.3) is 0 Å². The Kier molecular flexibility index (Phi) is 9.33. The van der Waals surface area contributed by atoms with Crippen LogP contribution >= 0.6 is 0 Å². The zero-order valence-corrected chi connectivity index (χ0v) is 16.8. The molecule has 3 nitrogen and oxygen atoms in total. The van der Waals surface area contributed by atoms with Gasteiger partial charge in [-0.2, -0.15) is 0 Å². The summed E-state index contributed by atoms with van der Waals surface area (Å²) in [6.45, 7) is 19.5. The molecule has 0 radical (unpaired) electrons. The second-order valence-electron chi connectivity index (χ2n) is 7.43. The van der Waals surface area contributed by atoms with E-state index in [0.29, 0.717) is 0 Å². The molecule has 0 saturated heterocycles. The molecule has 128 valence electrons. The van der Waals surface area contributed by atoms with Crippen molar-refractivity contribution in [1.82, 2.24) is 0 Å². The van der Waals surface area contributed by atoms with E-state index in [2.05, 4.69) is 62.3 Å². The van der Waals surface area contributed by atoms with Crippen LogP contribution in [0.5, 0.6) is 0 Å². The van der Waals surface area contributed by atoms with Crippen molar-refractivity contribution in [1.29, 1.82) is 0 Å². The third kappa shape index (κ3) is 8.96. The molecule has 0 fully saturated rings. The van der Waals surface area contributed by atoms with Gasteiger partial charge in [-0.25, -0.2) is 0 Å². The van der Waals surface area contributed by atoms with Gasteiger partial charge in [0.15, 0.2) is 0 Å². The van der Waals surface area contributed by atoms with Crippen molar-refractivity contribution in [3.63, 3.8) is 0 Å². The first-order valence-corrected chi connectivity index (χ1v) is 10.5. The summed E-state index contributed by atoms with van der Waals surface area (Å²) in [4.78, 5) is 0. The minimum absolute atomic E-state index is 0.126. The highest BCUT2D eigenvalue weighted by molar-refractivity contribution is 6.61. The topological polar surface area (TPSA) is 27.7 Å². The molecule has 0 aromatic rings. The maximum Gasteiger partial charge on any atom is 0.502 e. The van der Waals surface area contributed by atoms with Crippen molar-refractivity contribution in [3.8, 4) is 0 Å². The standard InChI is InChI=1S/C17H38O3Si/c1-10-14(4)18-21(13-17(7,8)9,19-15(5)11-2)20-16(6)12-3/h14-16H,10-13H2,1-9H3. The second kappa shape index (κ2) is 9.28. The molecule has 3 atom stereocenters. The van der Waals surface area contributed by atoms with E-state index in [1.54, 1.807) is 0 Å². The fourth-order valence-corrected chi connectivity index (χ4v) is 6.08. The van der Waals surface area contributed by atoms with Gasteiger partial charge in [-0.3, -0.25) is 0 Å². The summed E-state index contributed by atoms with van der Waals surface area (Å²) in [5.41, 5.74) is 0.126. The van der Waals surface area contributed by atoms with E-state index in [-0.39, 0.29) is 23.7 Å². The van der Waals surface area contributed by atoms with Crippen LogP contribution in [0.15, 0.2) is 0 Å². The van der Waals surface area contributed by atoms with Crippen molar-refractivity contribution >= 4 is 8.80 Å². The highest BCUT2D eigenvalue weighted by Crippen LogP contribution is 2.33. The van der Waals surface area contributed by atoms with E-state index in [1.165, 1.54) is 0 Å². The van der Waals surface area contributed by atoms with Crippen LogP contribution in [0.3, 0.4) is 0 Å². The maximum atomic E-state index is 6.40. The van der Waals surface area contributed by atoms with Crippen LogP contribution in [-0.2, 0) is 13.3 Å². The fourth-order valence-electron chi connectivity index (χ4n) is 2.03.